The van der Waals surface area contributed by atoms with Crippen LogP contribution in [0.2, 0.25) is 0 Å². The van der Waals surface area contributed by atoms with Crippen LogP contribution in [0, 0.1) is 5.92 Å². The second-order valence-corrected chi connectivity index (χ2v) is 7.51. The minimum Gasteiger partial charge on any atom is -0.370 e. The predicted molar refractivity (Wildman–Crippen MR) is 108 cm³/mol. The molecule has 0 aliphatic carbocycles. The Balaban J connectivity index is 1.61. The first-order valence-electron chi connectivity index (χ1n) is 9.85. The van der Waals surface area contributed by atoms with Crippen molar-refractivity contribution in [3.63, 3.8) is 0 Å². The standard InChI is InChI=1S/C19H35N7/c1-16(2)6-4-7-17(3)24-18(20)21-10-11-25-12-14-26(15-13-25)19-22-8-5-9-23-19/h5,8-9,16-17H,4,6-7,10-15H2,1-3H3,(H3,20,21,24). The van der Waals surface area contributed by atoms with Crippen LogP contribution in [0.4, 0.5) is 5.95 Å². The molecule has 26 heavy (non-hydrogen) atoms. The number of hydrogen-bond acceptors (Lipinski definition) is 5. The number of aliphatic imine (C=N–C) groups is 1. The molecule has 2 rings (SSSR count). The zero-order valence-electron chi connectivity index (χ0n) is 16.6. The van der Waals surface area contributed by atoms with Crippen LogP contribution in [0.25, 0.3) is 0 Å². The smallest absolute Gasteiger partial charge is 0.225 e. The number of nitrogens with one attached hydrogen (secondary N) is 1. The lowest BCUT2D eigenvalue weighted by atomic mass is 10.0. The van der Waals surface area contributed by atoms with Gasteiger partial charge in [0.15, 0.2) is 5.96 Å². The summed E-state index contributed by atoms with van der Waals surface area (Å²) in [6.07, 6.45) is 7.22. The fourth-order valence-electron chi connectivity index (χ4n) is 3.14. The van der Waals surface area contributed by atoms with Gasteiger partial charge in [0.2, 0.25) is 5.95 Å². The van der Waals surface area contributed by atoms with E-state index in [-0.39, 0.29) is 0 Å². The topological polar surface area (TPSA) is 82.7 Å². The van der Waals surface area contributed by atoms with Gasteiger partial charge >= 0.3 is 0 Å². The molecule has 0 bridgehead atoms. The number of rotatable bonds is 9. The molecule has 1 unspecified atom stereocenters. The highest BCUT2D eigenvalue weighted by Crippen LogP contribution is 2.09. The van der Waals surface area contributed by atoms with Crippen molar-refractivity contribution in [2.75, 3.05) is 44.2 Å². The lowest BCUT2D eigenvalue weighted by molar-refractivity contribution is 0.264. The first-order valence-corrected chi connectivity index (χ1v) is 9.85. The van der Waals surface area contributed by atoms with E-state index in [1.165, 1.54) is 12.8 Å². The molecular formula is C19H35N7. The third-order valence-corrected chi connectivity index (χ3v) is 4.72. The van der Waals surface area contributed by atoms with Crippen molar-refractivity contribution in [3.8, 4) is 0 Å². The van der Waals surface area contributed by atoms with Gasteiger partial charge < -0.3 is 16.0 Å². The first kappa shape index (κ1) is 20.4. The van der Waals surface area contributed by atoms with Gasteiger partial charge in [0.05, 0.1) is 6.54 Å². The molecule has 0 saturated carbocycles. The fraction of sp³-hybridized carbons (Fsp3) is 0.737. The average molecular weight is 362 g/mol. The van der Waals surface area contributed by atoms with Crippen molar-refractivity contribution in [2.45, 2.75) is 46.1 Å². The molecule has 1 aliphatic rings. The molecule has 146 valence electrons. The summed E-state index contributed by atoms with van der Waals surface area (Å²) in [6.45, 7) is 12.3. The summed E-state index contributed by atoms with van der Waals surface area (Å²) >= 11 is 0. The quantitative estimate of drug-likeness (QED) is 0.515. The van der Waals surface area contributed by atoms with E-state index in [4.69, 9.17) is 5.73 Å². The van der Waals surface area contributed by atoms with Gasteiger partial charge in [-0.05, 0) is 25.3 Å². The molecule has 1 aromatic heterocycles. The zero-order valence-corrected chi connectivity index (χ0v) is 16.6. The Morgan fingerprint density at radius 1 is 1.15 bits per heavy atom. The van der Waals surface area contributed by atoms with Crippen LogP contribution < -0.4 is 16.0 Å². The molecule has 0 amide bonds. The van der Waals surface area contributed by atoms with E-state index in [9.17, 15) is 0 Å². The van der Waals surface area contributed by atoms with Crippen molar-refractivity contribution < 1.29 is 0 Å². The molecule has 1 atom stereocenters. The number of guanidine groups is 1. The van der Waals surface area contributed by atoms with Gasteiger partial charge in [-0.3, -0.25) is 9.89 Å². The third-order valence-electron chi connectivity index (χ3n) is 4.72. The van der Waals surface area contributed by atoms with Gasteiger partial charge in [0, 0.05) is 51.2 Å². The number of hydrogen-bond donors (Lipinski definition) is 2. The molecule has 2 heterocycles. The molecule has 1 fully saturated rings. The number of nitrogens with zero attached hydrogens (tertiary/aromatic N) is 5. The largest absolute Gasteiger partial charge is 0.370 e. The Kier molecular flexibility index (Phi) is 8.61. The summed E-state index contributed by atoms with van der Waals surface area (Å²) in [5.41, 5.74) is 6.02. The summed E-state index contributed by atoms with van der Waals surface area (Å²) < 4.78 is 0. The van der Waals surface area contributed by atoms with E-state index < -0.39 is 0 Å². The Morgan fingerprint density at radius 2 is 1.85 bits per heavy atom. The number of piperazine rings is 1. The van der Waals surface area contributed by atoms with Crippen molar-refractivity contribution in [2.24, 2.45) is 16.6 Å². The highest BCUT2D eigenvalue weighted by molar-refractivity contribution is 5.78. The molecule has 7 nitrogen and oxygen atoms in total. The summed E-state index contributed by atoms with van der Waals surface area (Å²) in [4.78, 5) is 17.8. The molecule has 3 N–H and O–H groups in total. The van der Waals surface area contributed by atoms with Crippen LogP contribution in [-0.2, 0) is 0 Å². The Morgan fingerprint density at radius 3 is 2.50 bits per heavy atom. The van der Waals surface area contributed by atoms with Crippen LogP contribution >= 0.6 is 0 Å². The summed E-state index contributed by atoms with van der Waals surface area (Å²) in [7, 11) is 0. The second kappa shape index (κ2) is 11.0. The molecule has 0 spiro atoms. The normalized spacial score (nSPS) is 17.5. The van der Waals surface area contributed by atoms with E-state index in [2.05, 4.69) is 50.8 Å². The minimum absolute atomic E-state index is 0.381. The van der Waals surface area contributed by atoms with E-state index >= 15 is 0 Å². The highest BCUT2D eigenvalue weighted by atomic mass is 15.3. The van der Waals surface area contributed by atoms with E-state index in [0.717, 1.165) is 57.6 Å². The molecule has 0 radical (unpaired) electrons. The maximum absolute atomic E-state index is 6.02. The van der Waals surface area contributed by atoms with Crippen LogP contribution in [0.1, 0.15) is 40.0 Å². The van der Waals surface area contributed by atoms with Gasteiger partial charge in [-0.25, -0.2) is 9.97 Å². The molecular weight excluding hydrogens is 326 g/mol. The summed E-state index contributed by atoms with van der Waals surface area (Å²) in [5, 5.41) is 3.30. The van der Waals surface area contributed by atoms with Gasteiger partial charge in [-0.15, -0.1) is 0 Å². The molecule has 0 aromatic carbocycles. The average Bonchev–Trinajstić information content (AvgIpc) is 2.62. The number of aromatic nitrogens is 2. The minimum atomic E-state index is 0.381. The lowest BCUT2D eigenvalue weighted by Gasteiger charge is -2.34. The maximum atomic E-state index is 6.02. The van der Waals surface area contributed by atoms with Gasteiger partial charge in [0.25, 0.3) is 0 Å². The Labute approximate surface area is 158 Å². The first-order chi connectivity index (χ1) is 12.5. The predicted octanol–water partition coefficient (Wildman–Crippen LogP) is 1.72. The zero-order chi connectivity index (χ0) is 18.8. The Hall–Kier alpha value is -1.89. The molecule has 1 saturated heterocycles. The van der Waals surface area contributed by atoms with E-state index in [1.54, 1.807) is 12.4 Å². The molecule has 7 heteroatoms. The monoisotopic (exact) mass is 361 g/mol. The van der Waals surface area contributed by atoms with Crippen molar-refractivity contribution in [3.05, 3.63) is 18.5 Å². The third kappa shape index (κ3) is 7.56. The van der Waals surface area contributed by atoms with Crippen LogP contribution in [0.15, 0.2) is 23.5 Å². The molecule has 1 aromatic rings. The van der Waals surface area contributed by atoms with E-state index in [0.29, 0.717) is 12.0 Å². The van der Waals surface area contributed by atoms with E-state index in [1.807, 2.05) is 6.07 Å². The SMILES string of the molecule is CC(C)CCCC(C)NC(N)=NCCN1CCN(c2ncccn2)CC1. The number of nitrogens with two attached hydrogens (primary N) is 1. The van der Waals surface area contributed by atoms with Gasteiger partial charge in [-0.1, -0.05) is 26.7 Å². The van der Waals surface area contributed by atoms with Crippen LogP contribution in [0.3, 0.4) is 0 Å². The van der Waals surface area contributed by atoms with Crippen LogP contribution in [0.5, 0.6) is 0 Å². The van der Waals surface area contributed by atoms with Crippen molar-refractivity contribution in [1.82, 2.24) is 20.2 Å². The Bertz CT molecular complexity index is 524. The maximum Gasteiger partial charge on any atom is 0.225 e. The van der Waals surface area contributed by atoms with Crippen LogP contribution in [-0.4, -0.2) is 66.1 Å². The summed E-state index contributed by atoms with van der Waals surface area (Å²) in [6, 6.07) is 2.23. The highest BCUT2D eigenvalue weighted by Gasteiger charge is 2.18. The molecule has 1 aliphatic heterocycles. The second-order valence-electron chi connectivity index (χ2n) is 7.51. The number of anilines is 1. The fourth-order valence-corrected chi connectivity index (χ4v) is 3.14. The lowest BCUT2D eigenvalue weighted by Crippen LogP contribution is -2.47. The summed E-state index contributed by atoms with van der Waals surface area (Å²) in [5.74, 6) is 2.16. The van der Waals surface area contributed by atoms with Gasteiger partial charge in [-0.2, -0.15) is 0 Å². The van der Waals surface area contributed by atoms with Gasteiger partial charge in [0.1, 0.15) is 0 Å². The van der Waals surface area contributed by atoms with Crippen molar-refractivity contribution in [1.29, 1.82) is 0 Å². The van der Waals surface area contributed by atoms with Crippen molar-refractivity contribution >= 4 is 11.9 Å².